The molecule has 0 saturated carbocycles. The Kier molecular flexibility index (Phi) is 4.73. The Balaban J connectivity index is 1.83. The van der Waals surface area contributed by atoms with Crippen LogP contribution in [0, 0.1) is 0 Å². The molecule has 2 rings (SSSR count). The number of hydrogen-bond acceptors (Lipinski definition) is 1. The first-order valence-electron chi connectivity index (χ1n) is 6.85. The molecule has 0 aromatic heterocycles. The lowest BCUT2D eigenvalue weighted by molar-refractivity contribution is 0.566. The summed E-state index contributed by atoms with van der Waals surface area (Å²) in [5, 5.41) is 4.31. The lowest BCUT2D eigenvalue weighted by Crippen LogP contribution is -2.01. The summed E-state index contributed by atoms with van der Waals surface area (Å²) in [5.41, 5.74) is 2.60. The molecule has 0 amide bonds. The van der Waals surface area contributed by atoms with E-state index < -0.39 is 0 Å². The maximum atomic E-state index is 6.18. The van der Waals surface area contributed by atoms with Crippen LogP contribution in [0.4, 0.5) is 5.69 Å². The standard InChI is InChI=1S/C15H22ClN/c1-2-3-4-5-6-8-12-11-17-15-13(12)9-7-10-14(15)16/h7,9-10,12,17H,2-6,8,11H2,1H3. The molecule has 1 aromatic rings. The average molecular weight is 252 g/mol. The second-order valence-corrected chi connectivity index (χ2v) is 5.39. The maximum Gasteiger partial charge on any atom is 0.0640 e. The zero-order valence-electron chi connectivity index (χ0n) is 10.6. The van der Waals surface area contributed by atoms with Crippen LogP contribution >= 0.6 is 11.6 Å². The molecule has 1 unspecified atom stereocenters. The Labute approximate surface area is 110 Å². The Hall–Kier alpha value is -0.690. The lowest BCUT2D eigenvalue weighted by atomic mass is 9.95. The molecule has 0 fully saturated rings. The van der Waals surface area contributed by atoms with Gasteiger partial charge < -0.3 is 5.32 Å². The van der Waals surface area contributed by atoms with Crippen LogP contribution in [0.2, 0.25) is 5.02 Å². The molecule has 0 aliphatic carbocycles. The molecule has 1 aliphatic heterocycles. The van der Waals surface area contributed by atoms with Crippen molar-refractivity contribution < 1.29 is 0 Å². The molecular formula is C15H22ClN. The predicted octanol–water partition coefficient (Wildman–Crippen LogP) is 5.21. The van der Waals surface area contributed by atoms with Gasteiger partial charge in [0.2, 0.25) is 0 Å². The van der Waals surface area contributed by atoms with E-state index in [-0.39, 0.29) is 0 Å². The normalized spacial score (nSPS) is 17.9. The smallest absolute Gasteiger partial charge is 0.0640 e. The molecule has 1 heterocycles. The number of unbranched alkanes of at least 4 members (excludes halogenated alkanes) is 4. The van der Waals surface area contributed by atoms with Gasteiger partial charge in [0.25, 0.3) is 0 Å². The number of para-hydroxylation sites is 1. The van der Waals surface area contributed by atoms with E-state index >= 15 is 0 Å². The van der Waals surface area contributed by atoms with Crippen molar-refractivity contribution in [1.82, 2.24) is 0 Å². The average Bonchev–Trinajstić information content (AvgIpc) is 2.74. The first kappa shape index (κ1) is 12.8. The largest absolute Gasteiger partial charge is 0.383 e. The number of fused-ring (bicyclic) bond motifs is 1. The molecule has 94 valence electrons. The van der Waals surface area contributed by atoms with E-state index in [0.717, 1.165) is 11.6 Å². The summed E-state index contributed by atoms with van der Waals surface area (Å²) in [5.74, 6) is 0.672. The fourth-order valence-electron chi connectivity index (χ4n) is 2.65. The van der Waals surface area contributed by atoms with Gasteiger partial charge in [0.15, 0.2) is 0 Å². The van der Waals surface area contributed by atoms with Gasteiger partial charge in [-0.15, -0.1) is 0 Å². The van der Waals surface area contributed by atoms with Crippen molar-refractivity contribution >= 4 is 17.3 Å². The van der Waals surface area contributed by atoms with Gasteiger partial charge in [-0.25, -0.2) is 0 Å². The van der Waals surface area contributed by atoms with E-state index in [1.165, 1.54) is 49.8 Å². The Morgan fingerprint density at radius 1 is 1.24 bits per heavy atom. The first-order chi connectivity index (χ1) is 8.33. The first-order valence-corrected chi connectivity index (χ1v) is 7.23. The number of hydrogen-bond donors (Lipinski definition) is 1. The Bertz CT molecular complexity index is 362. The summed E-state index contributed by atoms with van der Waals surface area (Å²) < 4.78 is 0. The predicted molar refractivity (Wildman–Crippen MR) is 76.1 cm³/mol. The third-order valence-electron chi connectivity index (χ3n) is 3.67. The number of anilines is 1. The van der Waals surface area contributed by atoms with Gasteiger partial charge in [-0.2, -0.15) is 0 Å². The quantitative estimate of drug-likeness (QED) is 0.685. The van der Waals surface area contributed by atoms with Gasteiger partial charge in [0.05, 0.1) is 10.7 Å². The van der Waals surface area contributed by atoms with Gasteiger partial charge in [0.1, 0.15) is 0 Å². The molecule has 1 atom stereocenters. The van der Waals surface area contributed by atoms with E-state index in [1.54, 1.807) is 0 Å². The minimum atomic E-state index is 0.672. The van der Waals surface area contributed by atoms with Crippen molar-refractivity contribution in [3.8, 4) is 0 Å². The van der Waals surface area contributed by atoms with E-state index in [2.05, 4.69) is 24.4 Å². The molecule has 17 heavy (non-hydrogen) atoms. The molecule has 1 N–H and O–H groups in total. The summed E-state index contributed by atoms with van der Waals surface area (Å²) >= 11 is 6.18. The van der Waals surface area contributed by atoms with Crippen LogP contribution in [-0.2, 0) is 0 Å². The highest BCUT2D eigenvalue weighted by Crippen LogP contribution is 2.38. The Morgan fingerprint density at radius 3 is 2.88 bits per heavy atom. The number of nitrogens with one attached hydrogen (secondary N) is 1. The monoisotopic (exact) mass is 251 g/mol. The maximum absolute atomic E-state index is 6.18. The summed E-state index contributed by atoms with van der Waals surface area (Å²) in [4.78, 5) is 0. The minimum Gasteiger partial charge on any atom is -0.383 e. The third-order valence-corrected chi connectivity index (χ3v) is 3.98. The van der Waals surface area contributed by atoms with Crippen molar-refractivity contribution in [1.29, 1.82) is 0 Å². The lowest BCUT2D eigenvalue weighted by Gasteiger charge is -2.09. The zero-order chi connectivity index (χ0) is 12.1. The highest BCUT2D eigenvalue weighted by atomic mass is 35.5. The number of benzene rings is 1. The fraction of sp³-hybridized carbons (Fsp3) is 0.600. The number of halogens is 1. The SMILES string of the molecule is CCCCCCCC1CNc2c(Cl)cccc21. The van der Waals surface area contributed by atoms with Gasteiger partial charge in [-0.05, 0) is 18.1 Å². The summed E-state index contributed by atoms with van der Waals surface area (Å²) in [7, 11) is 0. The highest BCUT2D eigenvalue weighted by Gasteiger charge is 2.22. The van der Waals surface area contributed by atoms with Gasteiger partial charge in [-0.3, -0.25) is 0 Å². The van der Waals surface area contributed by atoms with Gasteiger partial charge >= 0.3 is 0 Å². The van der Waals surface area contributed by atoms with Crippen LogP contribution < -0.4 is 5.32 Å². The second-order valence-electron chi connectivity index (χ2n) is 4.98. The van der Waals surface area contributed by atoms with Crippen molar-refractivity contribution in [3.63, 3.8) is 0 Å². The van der Waals surface area contributed by atoms with Crippen LogP contribution in [0.25, 0.3) is 0 Å². The molecule has 0 bridgehead atoms. The molecule has 0 spiro atoms. The van der Waals surface area contributed by atoms with Crippen LogP contribution in [-0.4, -0.2) is 6.54 Å². The third kappa shape index (κ3) is 3.16. The van der Waals surface area contributed by atoms with Crippen LogP contribution in [0.1, 0.15) is 56.9 Å². The number of rotatable bonds is 6. The Morgan fingerprint density at radius 2 is 2.06 bits per heavy atom. The second kappa shape index (κ2) is 6.30. The summed E-state index contributed by atoms with van der Waals surface area (Å²) in [6.07, 6.45) is 8.11. The van der Waals surface area contributed by atoms with Crippen LogP contribution in [0.5, 0.6) is 0 Å². The van der Waals surface area contributed by atoms with Gasteiger partial charge in [0, 0.05) is 12.5 Å². The van der Waals surface area contributed by atoms with Crippen molar-refractivity contribution in [2.24, 2.45) is 0 Å². The van der Waals surface area contributed by atoms with E-state index in [0.29, 0.717) is 5.92 Å². The highest BCUT2D eigenvalue weighted by molar-refractivity contribution is 6.33. The topological polar surface area (TPSA) is 12.0 Å². The van der Waals surface area contributed by atoms with E-state index in [1.807, 2.05) is 6.07 Å². The fourth-order valence-corrected chi connectivity index (χ4v) is 2.90. The molecule has 0 saturated heterocycles. The molecule has 1 nitrogen and oxygen atoms in total. The van der Waals surface area contributed by atoms with Crippen molar-refractivity contribution in [2.45, 2.75) is 51.4 Å². The molecule has 2 heteroatoms. The molecule has 1 aliphatic rings. The molecule has 0 radical (unpaired) electrons. The minimum absolute atomic E-state index is 0.672. The zero-order valence-corrected chi connectivity index (χ0v) is 11.4. The van der Waals surface area contributed by atoms with E-state index in [9.17, 15) is 0 Å². The molecule has 1 aromatic carbocycles. The van der Waals surface area contributed by atoms with Crippen molar-refractivity contribution in [3.05, 3.63) is 28.8 Å². The van der Waals surface area contributed by atoms with Gasteiger partial charge in [-0.1, -0.05) is 62.8 Å². The summed E-state index contributed by atoms with van der Waals surface area (Å²) in [6, 6.07) is 6.26. The van der Waals surface area contributed by atoms with Crippen LogP contribution in [0.15, 0.2) is 18.2 Å². The van der Waals surface area contributed by atoms with E-state index in [4.69, 9.17) is 11.6 Å². The van der Waals surface area contributed by atoms with Crippen molar-refractivity contribution in [2.75, 3.05) is 11.9 Å². The van der Waals surface area contributed by atoms with Crippen LogP contribution in [0.3, 0.4) is 0 Å². The molecular weight excluding hydrogens is 230 g/mol. The summed E-state index contributed by atoms with van der Waals surface area (Å²) in [6.45, 7) is 3.33.